The lowest BCUT2D eigenvalue weighted by Crippen LogP contribution is -2.39. The molecule has 2 atom stereocenters. The van der Waals surface area contributed by atoms with Gasteiger partial charge in [0.15, 0.2) is 0 Å². The Bertz CT molecular complexity index is 463. The van der Waals surface area contributed by atoms with Crippen LogP contribution in [-0.2, 0) is 10.0 Å². The van der Waals surface area contributed by atoms with Gasteiger partial charge in [-0.05, 0) is 37.3 Å². The molecule has 18 heavy (non-hydrogen) atoms. The van der Waals surface area contributed by atoms with Crippen molar-refractivity contribution in [3.63, 3.8) is 0 Å². The van der Waals surface area contributed by atoms with Crippen molar-refractivity contribution in [1.82, 2.24) is 3.82 Å². The molecule has 0 aliphatic rings. The summed E-state index contributed by atoms with van der Waals surface area (Å²) in [5.74, 6) is 0. The lowest BCUT2D eigenvalue weighted by molar-refractivity contribution is 0.113. The summed E-state index contributed by atoms with van der Waals surface area (Å²) >= 11 is 5.87. The van der Waals surface area contributed by atoms with E-state index in [1.807, 2.05) is 6.92 Å². The fourth-order valence-corrected chi connectivity index (χ4v) is 3.23. The highest BCUT2D eigenvalue weighted by atomic mass is 35.5. The van der Waals surface area contributed by atoms with Crippen LogP contribution in [0.2, 0.25) is 0 Å². The summed E-state index contributed by atoms with van der Waals surface area (Å²) in [6.07, 6.45) is 0.502. The second kappa shape index (κ2) is 6.52. The molecule has 6 heteroatoms. The third kappa shape index (κ3) is 3.45. The Kier molecular flexibility index (Phi) is 5.59. The zero-order valence-electron chi connectivity index (χ0n) is 10.5. The highest BCUT2D eigenvalue weighted by molar-refractivity contribution is 7.90. The SMILES string of the molecule is CCCC(O)C(C)N(Cl)S(=O)(=O)c1ccccc1. The van der Waals surface area contributed by atoms with E-state index in [9.17, 15) is 13.5 Å². The highest BCUT2D eigenvalue weighted by Crippen LogP contribution is 2.22. The Morgan fingerprint density at radius 3 is 2.39 bits per heavy atom. The number of aliphatic hydroxyl groups excluding tert-OH is 1. The third-order valence-electron chi connectivity index (χ3n) is 2.73. The van der Waals surface area contributed by atoms with Crippen LogP contribution in [0.25, 0.3) is 0 Å². The van der Waals surface area contributed by atoms with Crippen LogP contribution in [0.1, 0.15) is 26.7 Å². The van der Waals surface area contributed by atoms with E-state index in [0.717, 1.165) is 6.42 Å². The van der Waals surface area contributed by atoms with Crippen molar-refractivity contribution in [1.29, 1.82) is 0 Å². The van der Waals surface area contributed by atoms with Crippen molar-refractivity contribution < 1.29 is 13.5 Å². The Morgan fingerprint density at radius 2 is 1.89 bits per heavy atom. The average Bonchev–Trinajstić information content (AvgIpc) is 2.38. The molecule has 0 aliphatic heterocycles. The van der Waals surface area contributed by atoms with E-state index >= 15 is 0 Å². The summed E-state index contributed by atoms with van der Waals surface area (Å²) < 4.78 is 25.0. The maximum absolute atomic E-state index is 12.2. The first-order valence-corrected chi connectivity index (χ1v) is 7.62. The van der Waals surface area contributed by atoms with Crippen LogP contribution >= 0.6 is 11.8 Å². The molecule has 0 amide bonds. The molecule has 0 radical (unpaired) electrons. The van der Waals surface area contributed by atoms with E-state index in [1.54, 1.807) is 25.1 Å². The van der Waals surface area contributed by atoms with Crippen molar-refractivity contribution in [2.24, 2.45) is 0 Å². The minimum Gasteiger partial charge on any atom is -0.391 e. The quantitative estimate of drug-likeness (QED) is 0.819. The van der Waals surface area contributed by atoms with Gasteiger partial charge in [0.2, 0.25) is 0 Å². The maximum Gasteiger partial charge on any atom is 0.256 e. The number of aliphatic hydroxyl groups is 1. The Labute approximate surface area is 113 Å². The Hall–Kier alpha value is -0.620. The van der Waals surface area contributed by atoms with Gasteiger partial charge in [0.05, 0.1) is 17.0 Å². The normalized spacial score (nSPS) is 15.6. The number of rotatable bonds is 6. The summed E-state index contributed by atoms with van der Waals surface area (Å²) in [6, 6.07) is 7.27. The molecule has 0 aliphatic carbocycles. The van der Waals surface area contributed by atoms with Crippen LogP contribution in [0.3, 0.4) is 0 Å². The van der Waals surface area contributed by atoms with E-state index in [4.69, 9.17) is 11.8 Å². The van der Waals surface area contributed by atoms with Gasteiger partial charge in [0, 0.05) is 0 Å². The van der Waals surface area contributed by atoms with Crippen LogP contribution in [0.4, 0.5) is 0 Å². The monoisotopic (exact) mass is 291 g/mol. The molecule has 0 bridgehead atoms. The zero-order chi connectivity index (χ0) is 13.8. The molecule has 1 aromatic rings. The fraction of sp³-hybridized carbons (Fsp3) is 0.500. The van der Waals surface area contributed by atoms with Gasteiger partial charge >= 0.3 is 0 Å². The molecular formula is C12H18ClNO3S. The average molecular weight is 292 g/mol. The third-order valence-corrected chi connectivity index (χ3v) is 5.24. The van der Waals surface area contributed by atoms with Crippen molar-refractivity contribution in [2.45, 2.75) is 43.7 Å². The maximum atomic E-state index is 12.2. The molecule has 102 valence electrons. The van der Waals surface area contributed by atoms with Gasteiger partial charge in [-0.3, -0.25) is 0 Å². The molecule has 1 aromatic carbocycles. The van der Waals surface area contributed by atoms with E-state index in [2.05, 4.69) is 0 Å². The van der Waals surface area contributed by atoms with Gasteiger partial charge in [-0.25, -0.2) is 8.42 Å². The number of hydrogen-bond donors (Lipinski definition) is 1. The molecule has 0 fully saturated rings. The molecule has 1 N–H and O–H groups in total. The predicted molar refractivity (Wildman–Crippen MR) is 71.7 cm³/mol. The number of hydrogen-bond acceptors (Lipinski definition) is 3. The van der Waals surface area contributed by atoms with Crippen LogP contribution < -0.4 is 0 Å². The first-order chi connectivity index (χ1) is 8.41. The van der Waals surface area contributed by atoms with E-state index in [0.29, 0.717) is 10.2 Å². The summed E-state index contributed by atoms with van der Waals surface area (Å²) in [5.41, 5.74) is 0. The lowest BCUT2D eigenvalue weighted by Gasteiger charge is -2.25. The van der Waals surface area contributed by atoms with Crippen LogP contribution in [0.5, 0.6) is 0 Å². The predicted octanol–water partition coefficient (Wildman–Crippen LogP) is 2.38. The first-order valence-electron chi connectivity index (χ1n) is 5.84. The van der Waals surface area contributed by atoms with Crippen molar-refractivity contribution in [3.05, 3.63) is 30.3 Å². The standard InChI is InChI=1S/C12H18ClNO3S/c1-3-7-12(15)10(2)14(13)18(16,17)11-8-5-4-6-9-11/h4-6,8-10,12,15H,3,7H2,1-2H3. The van der Waals surface area contributed by atoms with Gasteiger partial charge in [-0.1, -0.05) is 31.5 Å². The van der Waals surface area contributed by atoms with Gasteiger partial charge in [-0.15, -0.1) is 3.82 Å². The molecule has 0 saturated heterocycles. The second-order valence-corrected chi connectivity index (χ2v) is 6.54. The topological polar surface area (TPSA) is 57.6 Å². The second-order valence-electron chi connectivity index (χ2n) is 4.16. The van der Waals surface area contributed by atoms with E-state index in [1.165, 1.54) is 12.1 Å². The molecular weight excluding hydrogens is 274 g/mol. The molecule has 0 aromatic heterocycles. The highest BCUT2D eigenvalue weighted by Gasteiger charge is 2.31. The number of halogens is 1. The first kappa shape index (κ1) is 15.4. The molecule has 0 heterocycles. The minimum atomic E-state index is -3.76. The van der Waals surface area contributed by atoms with E-state index in [-0.39, 0.29) is 4.90 Å². The van der Waals surface area contributed by atoms with E-state index < -0.39 is 22.2 Å². The summed E-state index contributed by atoms with van der Waals surface area (Å²) in [4.78, 5) is 0.121. The molecule has 4 nitrogen and oxygen atoms in total. The Balaban J connectivity index is 2.92. The van der Waals surface area contributed by atoms with Crippen LogP contribution in [0.15, 0.2) is 35.2 Å². The zero-order valence-corrected chi connectivity index (χ0v) is 12.0. The van der Waals surface area contributed by atoms with Gasteiger partial charge in [0.1, 0.15) is 0 Å². The van der Waals surface area contributed by atoms with Crippen molar-refractivity contribution in [2.75, 3.05) is 0 Å². The van der Waals surface area contributed by atoms with Crippen molar-refractivity contribution >= 4 is 21.8 Å². The van der Waals surface area contributed by atoms with Gasteiger partial charge in [-0.2, -0.15) is 0 Å². The fourth-order valence-electron chi connectivity index (χ4n) is 1.58. The minimum absolute atomic E-state index is 0.121. The van der Waals surface area contributed by atoms with Crippen molar-refractivity contribution in [3.8, 4) is 0 Å². The number of nitrogens with zero attached hydrogens (tertiary/aromatic N) is 1. The molecule has 0 saturated carbocycles. The lowest BCUT2D eigenvalue weighted by atomic mass is 10.1. The van der Waals surface area contributed by atoms with Gasteiger partial charge in [0.25, 0.3) is 10.0 Å². The van der Waals surface area contributed by atoms with Crippen LogP contribution in [0, 0.1) is 0 Å². The van der Waals surface area contributed by atoms with Crippen LogP contribution in [-0.4, -0.2) is 29.5 Å². The van der Waals surface area contributed by atoms with Gasteiger partial charge < -0.3 is 5.11 Å². The summed E-state index contributed by atoms with van der Waals surface area (Å²) in [7, 11) is -3.76. The summed E-state index contributed by atoms with van der Waals surface area (Å²) in [6.45, 7) is 3.51. The largest absolute Gasteiger partial charge is 0.391 e. The number of benzene rings is 1. The molecule has 0 spiro atoms. The smallest absolute Gasteiger partial charge is 0.256 e. The number of sulfonamides is 1. The Morgan fingerprint density at radius 1 is 1.33 bits per heavy atom. The summed E-state index contributed by atoms with van der Waals surface area (Å²) in [5, 5.41) is 9.81. The molecule has 2 unspecified atom stereocenters. The molecule has 1 rings (SSSR count).